The van der Waals surface area contributed by atoms with E-state index in [0.29, 0.717) is 31.8 Å². The van der Waals surface area contributed by atoms with Gasteiger partial charge in [-0.2, -0.15) is 0 Å². The number of carbonyl (C=O) groups is 2. The van der Waals surface area contributed by atoms with Crippen molar-refractivity contribution < 1.29 is 14.3 Å². The predicted molar refractivity (Wildman–Crippen MR) is 99.9 cm³/mol. The van der Waals surface area contributed by atoms with Crippen LogP contribution in [-0.4, -0.2) is 79.4 Å². The standard InChI is InChI=1S/C20H29N3O3/c1-26-16-17-6-5-7-18(14-17)20(25)23-12-10-21(11-13-23)15-19(24)22-8-3-2-4-9-22/h5-7,14H,2-4,8-13,15-16H2,1H3. The van der Waals surface area contributed by atoms with Crippen molar-refractivity contribution in [2.24, 2.45) is 0 Å². The second kappa shape index (κ2) is 9.14. The number of piperidine rings is 1. The van der Waals surface area contributed by atoms with Crippen molar-refractivity contribution >= 4 is 11.8 Å². The Bertz CT molecular complexity index is 620. The number of ether oxygens (including phenoxy) is 1. The summed E-state index contributed by atoms with van der Waals surface area (Å²) < 4.78 is 5.14. The van der Waals surface area contributed by atoms with Gasteiger partial charge in [0.2, 0.25) is 5.91 Å². The van der Waals surface area contributed by atoms with E-state index in [4.69, 9.17) is 4.74 Å². The van der Waals surface area contributed by atoms with E-state index in [1.54, 1.807) is 7.11 Å². The van der Waals surface area contributed by atoms with Crippen LogP contribution in [0.5, 0.6) is 0 Å². The lowest BCUT2D eigenvalue weighted by Crippen LogP contribution is -2.52. The molecule has 0 spiro atoms. The Balaban J connectivity index is 1.49. The van der Waals surface area contributed by atoms with E-state index in [-0.39, 0.29) is 11.8 Å². The summed E-state index contributed by atoms with van der Waals surface area (Å²) in [7, 11) is 1.65. The summed E-state index contributed by atoms with van der Waals surface area (Å²) in [6.45, 7) is 5.62. The molecule has 2 fully saturated rings. The van der Waals surface area contributed by atoms with Gasteiger partial charge in [0, 0.05) is 51.9 Å². The zero-order valence-electron chi connectivity index (χ0n) is 15.7. The maximum atomic E-state index is 12.7. The van der Waals surface area contributed by atoms with Gasteiger partial charge in [-0.1, -0.05) is 12.1 Å². The van der Waals surface area contributed by atoms with Gasteiger partial charge >= 0.3 is 0 Å². The number of nitrogens with zero attached hydrogens (tertiary/aromatic N) is 3. The third-order valence-electron chi connectivity index (χ3n) is 5.21. The van der Waals surface area contributed by atoms with E-state index in [0.717, 1.165) is 44.6 Å². The summed E-state index contributed by atoms with van der Waals surface area (Å²) in [5, 5.41) is 0. The Kier molecular flexibility index (Phi) is 6.63. The molecule has 0 unspecified atom stereocenters. The van der Waals surface area contributed by atoms with Gasteiger partial charge < -0.3 is 14.5 Å². The lowest BCUT2D eigenvalue weighted by atomic mass is 10.1. The highest BCUT2D eigenvalue weighted by atomic mass is 16.5. The fraction of sp³-hybridized carbons (Fsp3) is 0.600. The molecular formula is C20H29N3O3. The molecule has 2 aliphatic rings. The number of methoxy groups -OCH3 is 1. The Labute approximate surface area is 155 Å². The Morgan fingerprint density at radius 1 is 0.962 bits per heavy atom. The number of benzene rings is 1. The second-order valence-electron chi connectivity index (χ2n) is 7.14. The van der Waals surface area contributed by atoms with Crippen molar-refractivity contribution in [3.05, 3.63) is 35.4 Å². The fourth-order valence-electron chi connectivity index (χ4n) is 3.69. The molecule has 2 amide bonds. The molecule has 0 aromatic heterocycles. The van der Waals surface area contributed by atoms with Gasteiger partial charge in [-0.25, -0.2) is 0 Å². The summed E-state index contributed by atoms with van der Waals surface area (Å²) in [4.78, 5) is 31.2. The van der Waals surface area contributed by atoms with Crippen molar-refractivity contribution in [3.63, 3.8) is 0 Å². The first-order chi connectivity index (χ1) is 12.7. The summed E-state index contributed by atoms with van der Waals surface area (Å²) in [6, 6.07) is 7.62. The minimum atomic E-state index is 0.0601. The summed E-state index contributed by atoms with van der Waals surface area (Å²) in [5.41, 5.74) is 1.71. The van der Waals surface area contributed by atoms with Crippen molar-refractivity contribution in [3.8, 4) is 0 Å². The minimum Gasteiger partial charge on any atom is -0.380 e. The third kappa shape index (κ3) is 4.83. The number of hydrogen-bond acceptors (Lipinski definition) is 4. The third-order valence-corrected chi connectivity index (χ3v) is 5.21. The zero-order chi connectivity index (χ0) is 18.4. The average molecular weight is 359 g/mol. The number of piperazine rings is 1. The Morgan fingerprint density at radius 2 is 1.69 bits per heavy atom. The van der Waals surface area contributed by atoms with Crippen LogP contribution < -0.4 is 0 Å². The first-order valence-electron chi connectivity index (χ1n) is 9.54. The van der Waals surface area contributed by atoms with Crippen LogP contribution in [-0.2, 0) is 16.1 Å². The predicted octanol–water partition coefficient (Wildman–Crippen LogP) is 1.60. The van der Waals surface area contributed by atoms with Crippen LogP contribution in [0.25, 0.3) is 0 Å². The molecule has 3 rings (SSSR count). The van der Waals surface area contributed by atoms with E-state index >= 15 is 0 Å². The van der Waals surface area contributed by atoms with E-state index in [9.17, 15) is 9.59 Å². The van der Waals surface area contributed by atoms with Crippen molar-refractivity contribution in [1.29, 1.82) is 0 Å². The molecule has 0 radical (unpaired) electrons. The van der Waals surface area contributed by atoms with Gasteiger partial charge in [-0.15, -0.1) is 0 Å². The molecular weight excluding hydrogens is 330 g/mol. The molecule has 6 nitrogen and oxygen atoms in total. The molecule has 142 valence electrons. The van der Waals surface area contributed by atoms with E-state index < -0.39 is 0 Å². The lowest BCUT2D eigenvalue weighted by molar-refractivity contribution is -0.133. The quantitative estimate of drug-likeness (QED) is 0.801. The van der Waals surface area contributed by atoms with Crippen LogP contribution in [0.1, 0.15) is 35.2 Å². The van der Waals surface area contributed by atoms with E-state index in [2.05, 4.69) is 4.90 Å². The summed E-state index contributed by atoms with van der Waals surface area (Å²) in [6.07, 6.45) is 3.47. The number of amides is 2. The van der Waals surface area contributed by atoms with Crippen LogP contribution in [0.15, 0.2) is 24.3 Å². The van der Waals surface area contributed by atoms with Crippen LogP contribution in [0, 0.1) is 0 Å². The first-order valence-corrected chi connectivity index (χ1v) is 9.54. The molecule has 2 saturated heterocycles. The number of likely N-dealkylation sites (tertiary alicyclic amines) is 1. The number of carbonyl (C=O) groups excluding carboxylic acids is 2. The molecule has 6 heteroatoms. The maximum Gasteiger partial charge on any atom is 0.253 e. The Hall–Kier alpha value is -1.92. The fourth-order valence-corrected chi connectivity index (χ4v) is 3.69. The number of rotatable bonds is 5. The second-order valence-corrected chi connectivity index (χ2v) is 7.14. The van der Waals surface area contributed by atoms with Gasteiger partial charge in [-0.05, 0) is 37.0 Å². The van der Waals surface area contributed by atoms with Crippen molar-refractivity contribution in [1.82, 2.24) is 14.7 Å². The van der Waals surface area contributed by atoms with Gasteiger partial charge in [0.25, 0.3) is 5.91 Å². The van der Waals surface area contributed by atoms with Gasteiger partial charge in [0.1, 0.15) is 0 Å². The summed E-state index contributed by atoms with van der Waals surface area (Å²) in [5.74, 6) is 0.293. The lowest BCUT2D eigenvalue weighted by Gasteiger charge is -2.36. The van der Waals surface area contributed by atoms with E-state index in [1.165, 1.54) is 6.42 Å². The van der Waals surface area contributed by atoms with Crippen LogP contribution in [0.4, 0.5) is 0 Å². The van der Waals surface area contributed by atoms with Gasteiger partial charge in [-0.3, -0.25) is 14.5 Å². The van der Waals surface area contributed by atoms with Crippen molar-refractivity contribution in [2.75, 3.05) is 52.9 Å². The van der Waals surface area contributed by atoms with Gasteiger partial charge in [0.15, 0.2) is 0 Å². The first kappa shape index (κ1) is 18.9. The monoisotopic (exact) mass is 359 g/mol. The highest BCUT2D eigenvalue weighted by Gasteiger charge is 2.25. The minimum absolute atomic E-state index is 0.0601. The molecule has 0 N–H and O–H groups in total. The molecule has 2 aliphatic heterocycles. The zero-order valence-corrected chi connectivity index (χ0v) is 15.7. The van der Waals surface area contributed by atoms with Crippen LogP contribution in [0.3, 0.4) is 0 Å². The molecule has 26 heavy (non-hydrogen) atoms. The maximum absolute atomic E-state index is 12.7. The summed E-state index contributed by atoms with van der Waals surface area (Å²) >= 11 is 0. The topological polar surface area (TPSA) is 53.1 Å². The molecule has 0 bridgehead atoms. The highest BCUT2D eigenvalue weighted by Crippen LogP contribution is 2.13. The molecule has 2 heterocycles. The molecule has 0 aliphatic carbocycles. The normalized spacial score (nSPS) is 18.8. The van der Waals surface area contributed by atoms with E-state index in [1.807, 2.05) is 34.1 Å². The molecule has 0 saturated carbocycles. The largest absolute Gasteiger partial charge is 0.380 e. The number of hydrogen-bond donors (Lipinski definition) is 0. The van der Waals surface area contributed by atoms with Gasteiger partial charge in [0.05, 0.1) is 13.2 Å². The molecule has 1 aromatic rings. The SMILES string of the molecule is COCc1cccc(C(=O)N2CCN(CC(=O)N3CCCCC3)CC2)c1. The molecule has 0 atom stereocenters. The average Bonchev–Trinajstić information content (AvgIpc) is 2.69. The van der Waals surface area contributed by atoms with Crippen LogP contribution in [0.2, 0.25) is 0 Å². The smallest absolute Gasteiger partial charge is 0.253 e. The van der Waals surface area contributed by atoms with Crippen molar-refractivity contribution in [2.45, 2.75) is 25.9 Å². The molecule has 1 aromatic carbocycles. The highest BCUT2D eigenvalue weighted by molar-refractivity contribution is 5.94. The Morgan fingerprint density at radius 3 is 2.38 bits per heavy atom. The van der Waals surface area contributed by atoms with Crippen LogP contribution >= 0.6 is 0 Å².